The molecule has 0 aliphatic heterocycles. The van der Waals surface area contributed by atoms with Gasteiger partial charge in [0.2, 0.25) is 0 Å². The summed E-state index contributed by atoms with van der Waals surface area (Å²) >= 11 is 0. The van der Waals surface area contributed by atoms with Gasteiger partial charge in [-0.25, -0.2) is 9.86 Å². The number of carboxylic acids is 1. The van der Waals surface area contributed by atoms with Crippen LogP contribution >= 0.6 is 0 Å². The van der Waals surface area contributed by atoms with Crippen molar-refractivity contribution in [1.29, 1.82) is 0 Å². The van der Waals surface area contributed by atoms with Crippen LogP contribution in [0.4, 0.5) is 0 Å². The summed E-state index contributed by atoms with van der Waals surface area (Å²) in [4.78, 5) is 11.1. The molecule has 19 heavy (non-hydrogen) atoms. The smallest absolute Gasteiger partial charge is 0.451 e. The molecule has 9 nitrogen and oxygen atoms in total. The number of nitrogens with two attached hydrogens (primary N) is 2. The normalized spacial score (nSPS) is 14.9. The van der Waals surface area contributed by atoms with Gasteiger partial charge in [-0.15, -0.1) is 0 Å². The molecule has 0 aromatic heterocycles. The Morgan fingerprint density at radius 3 is 2.26 bits per heavy atom. The van der Waals surface area contributed by atoms with Crippen LogP contribution in [-0.2, 0) is 15.0 Å². The fourth-order valence-electron chi connectivity index (χ4n) is 1.52. The minimum absolute atomic E-state index is 0.0986. The van der Waals surface area contributed by atoms with Crippen LogP contribution in [0.25, 0.3) is 0 Å². The first kappa shape index (κ1) is 18.3. The summed E-state index contributed by atoms with van der Waals surface area (Å²) in [6.45, 7) is -0.176. The number of carboxylic acid groups (broad SMARTS) is 1. The van der Waals surface area contributed by atoms with Crippen LogP contribution in [0.5, 0.6) is 0 Å². The van der Waals surface area contributed by atoms with Gasteiger partial charge >= 0.3 is 13.1 Å². The quantitative estimate of drug-likeness (QED) is 0.192. The average molecular weight is 297 g/mol. The van der Waals surface area contributed by atoms with Gasteiger partial charge in [-0.3, -0.25) is 4.79 Å². The number of carbonyl (C=O) groups is 1. The third-order valence-corrected chi connectivity index (χ3v) is 3.24. The molecule has 0 heterocycles. The Kier molecular flexibility index (Phi) is 7.48. The Balaban J connectivity index is 4.23. The average Bonchev–Trinajstić information content (AvgIpc) is 2.22. The second kappa shape index (κ2) is 7.77. The van der Waals surface area contributed by atoms with E-state index in [9.17, 15) is 13.2 Å². The molecule has 8 N–H and O–H groups in total. The lowest BCUT2D eigenvalue weighted by atomic mass is 9.81. The summed E-state index contributed by atoms with van der Waals surface area (Å²) in [7, 11) is -5.30. The van der Waals surface area contributed by atoms with Crippen molar-refractivity contribution in [2.24, 2.45) is 10.9 Å². The van der Waals surface area contributed by atoms with Gasteiger partial charge in [-0.2, -0.15) is 8.42 Å². The molecule has 1 atom stereocenters. The summed E-state index contributed by atoms with van der Waals surface area (Å²) in [6.07, 6.45) is 0.912. The van der Waals surface area contributed by atoms with Gasteiger partial charge in [0.05, 0.1) is 0 Å². The molecule has 0 radical (unpaired) electrons. The molecule has 0 saturated carbocycles. The van der Waals surface area contributed by atoms with Crippen LogP contribution in [-0.4, -0.2) is 48.7 Å². The monoisotopic (exact) mass is 297 g/mol. The molecule has 0 aliphatic rings. The standard InChI is InChI=1S/C8H20BN3O6S/c10-8(7(13)14,3-1-2-5-9(15)16)4-6-12-19(11,17)18/h12,15-16H,1-6,10H2,(H,13,14)(H2,11,17,18). The molecule has 0 aromatic rings. The maximum Gasteiger partial charge on any atom is 0.451 e. The number of unbranched alkanes of at least 4 members (excludes halogenated alkanes) is 1. The molecule has 0 fully saturated rings. The molecule has 0 rings (SSSR count). The van der Waals surface area contributed by atoms with Gasteiger partial charge in [-0.05, 0) is 19.2 Å². The SMILES string of the molecule is NC(CCCCB(O)O)(CCNS(N)(=O)=O)C(=O)O. The largest absolute Gasteiger partial charge is 0.480 e. The van der Waals surface area contributed by atoms with E-state index < -0.39 is 28.8 Å². The van der Waals surface area contributed by atoms with Crippen molar-refractivity contribution in [3.05, 3.63) is 0 Å². The van der Waals surface area contributed by atoms with E-state index in [0.717, 1.165) is 0 Å². The van der Waals surface area contributed by atoms with Crippen LogP contribution in [0, 0.1) is 0 Å². The Bertz CT molecular complexity index is 390. The van der Waals surface area contributed by atoms with Gasteiger partial charge in [0, 0.05) is 6.54 Å². The lowest BCUT2D eigenvalue weighted by molar-refractivity contribution is -0.143. The van der Waals surface area contributed by atoms with Crippen LogP contribution in [0.1, 0.15) is 25.7 Å². The Hall–Kier alpha value is -0.715. The lowest BCUT2D eigenvalue weighted by Gasteiger charge is -2.24. The zero-order valence-electron chi connectivity index (χ0n) is 10.4. The topological polar surface area (TPSA) is 176 Å². The molecular weight excluding hydrogens is 277 g/mol. The van der Waals surface area contributed by atoms with Gasteiger partial charge in [0.25, 0.3) is 10.2 Å². The summed E-state index contributed by atoms with van der Waals surface area (Å²) in [6, 6.07) is 0. The first-order valence-electron chi connectivity index (χ1n) is 5.72. The predicted molar refractivity (Wildman–Crippen MR) is 69.1 cm³/mol. The van der Waals surface area contributed by atoms with Gasteiger partial charge < -0.3 is 20.9 Å². The van der Waals surface area contributed by atoms with E-state index in [0.29, 0.717) is 12.8 Å². The van der Waals surface area contributed by atoms with Gasteiger partial charge in [-0.1, -0.05) is 12.8 Å². The number of hydrogen-bond donors (Lipinski definition) is 6. The number of rotatable bonds is 10. The lowest BCUT2D eigenvalue weighted by Crippen LogP contribution is -2.50. The minimum Gasteiger partial charge on any atom is -0.480 e. The maximum absolute atomic E-state index is 11.1. The Morgan fingerprint density at radius 2 is 1.84 bits per heavy atom. The second-order valence-electron chi connectivity index (χ2n) is 4.38. The van der Waals surface area contributed by atoms with Gasteiger partial charge in [0.15, 0.2) is 0 Å². The van der Waals surface area contributed by atoms with Crippen molar-refractivity contribution >= 4 is 23.3 Å². The fraction of sp³-hybridized carbons (Fsp3) is 0.875. The summed E-state index contributed by atoms with van der Waals surface area (Å²) in [5.41, 5.74) is 4.12. The highest BCUT2D eigenvalue weighted by atomic mass is 32.2. The number of hydrogen-bond acceptors (Lipinski definition) is 6. The minimum atomic E-state index is -3.87. The van der Waals surface area contributed by atoms with E-state index >= 15 is 0 Å². The van der Waals surface area contributed by atoms with Crippen LogP contribution < -0.4 is 15.6 Å². The predicted octanol–water partition coefficient (Wildman–Crippen LogP) is -2.41. The highest BCUT2D eigenvalue weighted by Crippen LogP contribution is 2.17. The molecule has 0 aliphatic carbocycles. The van der Waals surface area contributed by atoms with E-state index in [2.05, 4.69) is 0 Å². The highest BCUT2D eigenvalue weighted by Gasteiger charge is 2.33. The van der Waals surface area contributed by atoms with E-state index in [1.54, 1.807) is 0 Å². The van der Waals surface area contributed by atoms with E-state index in [4.69, 9.17) is 26.0 Å². The molecule has 11 heteroatoms. The Morgan fingerprint density at radius 1 is 1.26 bits per heavy atom. The van der Waals surface area contributed by atoms with E-state index in [-0.39, 0.29) is 25.7 Å². The van der Waals surface area contributed by atoms with Gasteiger partial charge in [0.1, 0.15) is 5.54 Å². The third-order valence-electron chi connectivity index (χ3n) is 2.64. The molecule has 0 amide bonds. The van der Waals surface area contributed by atoms with Crippen molar-refractivity contribution in [1.82, 2.24) is 4.72 Å². The van der Waals surface area contributed by atoms with Crippen molar-refractivity contribution in [3.63, 3.8) is 0 Å². The second-order valence-corrected chi connectivity index (χ2v) is 5.76. The van der Waals surface area contributed by atoms with E-state index in [1.165, 1.54) is 0 Å². The third kappa shape index (κ3) is 8.91. The van der Waals surface area contributed by atoms with Crippen molar-refractivity contribution in [2.75, 3.05) is 6.54 Å². The maximum atomic E-state index is 11.1. The first-order chi connectivity index (χ1) is 8.57. The van der Waals surface area contributed by atoms with Crippen LogP contribution in [0.2, 0.25) is 6.32 Å². The zero-order valence-corrected chi connectivity index (χ0v) is 11.3. The number of aliphatic carboxylic acids is 1. The Labute approximate surface area is 112 Å². The first-order valence-corrected chi connectivity index (χ1v) is 7.27. The molecule has 0 saturated heterocycles. The number of nitrogens with one attached hydrogen (secondary N) is 1. The molecule has 0 aromatic carbocycles. The summed E-state index contributed by atoms with van der Waals surface area (Å²) in [5.74, 6) is -1.24. The fourth-order valence-corrected chi connectivity index (χ4v) is 1.91. The summed E-state index contributed by atoms with van der Waals surface area (Å²) in [5, 5.41) is 31.0. The van der Waals surface area contributed by atoms with Crippen molar-refractivity contribution in [2.45, 2.75) is 37.5 Å². The van der Waals surface area contributed by atoms with E-state index in [1.807, 2.05) is 4.72 Å². The van der Waals surface area contributed by atoms with Crippen molar-refractivity contribution in [3.8, 4) is 0 Å². The van der Waals surface area contributed by atoms with Crippen molar-refractivity contribution < 1.29 is 28.4 Å². The molecule has 112 valence electrons. The molecule has 0 spiro atoms. The zero-order chi connectivity index (χ0) is 15.1. The molecular formula is C8H20BN3O6S. The van der Waals surface area contributed by atoms with Crippen LogP contribution in [0.3, 0.4) is 0 Å². The molecule has 1 unspecified atom stereocenters. The highest BCUT2D eigenvalue weighted by molar-refractivity contribution is 7.87. The summed E-state index contributed by atoms with van der Waals surface area (Å²) < 4.78 is 23.3. The van der Waals surface area contributed by atoms with Crippen LogP contribution in [0.15, 0.2) is 0 Å². The molecule has 0 bridgehead atoms.